The van der Waals surface area contributed by atoms with Crippen molar-refractivity contribution in [2.75, 3.05) is 0 Å². The van der Waals surface area contributed by atoms with Crippen LogP contribution < -0.4 is 0 Å². The molecule has 0 amide bonds. The number of ether oxygens (including phenoxy) is 1. The quantitative estimate of drug-likeness (QED) is 0.727. The van der Waals surface area contributed by atoms with Crippen molar-refractivity contribution >= 4 is 11.8 Å². The molecule has 0 aromatic carbocycles. The topological polar surface area (TPSA) is 67.2 Å². The predicted molar refractivity (Wildman–Crippen MR) is 78.3 cm³/mol. The Hall–Kier alpha value is -1.37. The zero-order chi connectivity index (χ0) is 15.1. The third kappa shape index (κ3) is 4.84. The van der Waals surface area contributed by atoms with Crippen molar-refractivity contribution in [2.45, 2.75) is 76.7 Å². The van der Waals surface area contributed by atoms with E-state index in [1.165, 1.54) is 12.8 Å². The van der Waals surface area contributed by atoms with Crippen LogP contribution in [-0.2, 0) is 14.3 Å². The number of hydrogen-bond acceptors (Lipinski definition) is 4. The summed E-state index contributed by atoms with van der Waals surface area (Å²) in [6.07, 6.45) is 10.3. The molecule has 2 fully saturated rings. The second kappa shape index (κ2) is 8.17. The molecule has 0 aromatic rings. The van der Waals surface area contributed by atoms with Gasteiger partial charge in [0, 0.05) is 12.3 Å². The highest BCUT2D eigenvalue weighted by atomic mass is 16.5. The van der Waals surface area contributed by atoms with Gasteiger partial charge in [-0.15, -0.1) is 0 Å². The minimum Gasteiger partial charge on any atom is -0.461 e. The summed E-state index contributed by atoms with van der Waals surface area (Å²) >= 11 is 0. The van der Waals surface area contributed by atoms with E-state index in [1.807, 2.05) is 6.07 Å². The first kappa shape index (κ1) is 16.0. The summed E-state index contributed by atoms with van der Waals surface area (Å²) in [5, 5.41) is 9.17. The Morgan fingerprint density at radius 3 is 2.14 bits per heavy atom. The minimum absolute atomic E-state index is 0.0344. The van der Waals surface area contributed by atoms with Gasteiger partial charge in [0.2, 0.25) is 0 Å². The molecule has 4 heteroatoms. The van der Waals surface area contributed by atoms with Gasteiger partial charge in [0.15, 0.2) is 5.92 Å². The van der Waals surface area contributed by atoms with Crippen LogP contribution in [0.15, 0.2) is 0 Å². The van der Waals surface area contributed by atoms with E-state index >= 15 is 0 Å². The number of nitrogens with zero attached hydrogens (tertiary/aromatic N) is 1. The maximum atomic E-state index is 12.2. The summed E-state index contributed by atoms with van der Waals surface area (Å²) in [6, 6.07) is 1.97. The molecule has 0 N–H and O–H groups in total. The number of Topliss-reactive ketones (excluding diaryl/α,β-unsaturated/α-hetero) is 1. The van der Waals surface area contributed by atoms with Gasteiger partial charge in [-0.3, -0.25) is 9.59 Å². The first-order valence-electron chi connectivity index (χ1n) is 8.33. The first-order chi connectivity index (χ1) is 10.2. The van der Waals surface area contributed by atoms with Gasteiger partial charge in [0.05, 0.1) is 6.07 Å². The lowest BCUT2D eigenvalue weighted by molar-refractivity contribution is -0.155. The average Bonchev–Trinajstić information content (AvgIpc) is 2.54. The van der Waals surface area contributed by atoms with Crippen LogP contribution in [0.1, 0.15) is 70.6 Å². The van der Waals surface area contributed by atoms with Gasteiger partial charge in [-0.1, -0.05) is 25.7 Å². The third-order valence-corrected chi connectivity index (χ3v) is 4.74. The van der Waals surface area contributed by atoms with Crippen LogP contribution in [0, 0.1) is 23.2 Å². The van der Waals surface area contributed by atoms with E-state index < -0.39 is 11.9 Å². The number of nitriles is 1. The van der Waals surface area contributed by atoms with Crippen LogP contribution in [0.2, 0.25) is 0 Å². The van der Waals surface area contributed by atoms with Gasteiger partial charge < -0.3 is 4.74 Å². The molecule has 2 saturated carbocycles. The fraction of sp³-hybridized carbons (Fsp3) is 0.824. The van der Waals surface area contributed by atoms with Crippen molar-refractivity contribution in [3.8, 4) is 6.07 Å². The zero-order valence-electron chi connectivity index (χ0n) is 12.7. The van der Waals surface area contributed by atoms with E-state index in [0.29, 0.717) is 0 Å². The predicted octanol–water partition coefficient (Wildman–Crippen LogP) is 3.54. The average molecular weight is 291 g/mol. The van der Waals surface area contributed by atoms with Crippen LogP contribution >= 0.6 is 0 Å². The van der Waals surface area contributed by atoms with Gasteiger partial charge in [-0.05, 0) is 38.5 Å². The molecule has 2 aliphatic rings. The van der Waals surface area contributed by atoms with E-state index in [-0.39, 0.29) is 24.2 Å². The van der Waals surface area contributed by atoms with E-state index in [4.69, 9.17) is 4.74 Å². The number of rotatable bonds is 5. The van der Waals surface area contributed by atoms with Crippen molar-refractivity contribution in [1.82, 2.24) is 0 Å². The number of esters is 1. The van der Waals surface area contributed by atoms with Crippen molar-refractivity contribution in [2.24, 2.45) is 11.8 Å². The number of carbonyl (C=O) groups is 2. The molecular weight excluding hydrogens is 266 g/mol. The van der Waals surface area contributed by atoms with Crippen LogP contribution in [0.3, 0.4) is 0 Å². The Morgan fingerprint density at radius 2 is 1.57 bits per heavy atom. The standard InChI is InChI=1S/C17H25NO3/c18-12-14(11-16(19)13-7-3-1-4-8-13)17(20)21-15-9-5-2-6-10-15/h13-15H,1-11H2. The van der Waals surface area contributed by atoms with E-state index in [1.54, 1.807) is 0 Å². The Bertz CT molecular complexity index is 401. The van der Waals surface area contributed by atoms with E-state index in [2.05, 4.69) is 0 Å². The zero-order valence-corrected chi connectivity index (χ0v) is 12.7. The number of ketones is 1. The van der Waals surface area contributed by atoms with Gasteiger partial charge in [-0.2, -0.15) is 5.26 Å². The summed E-state index contributed by atoms with van der Waals surface area (Å²) < 4.78 is 5.42. The molecule has 1 atom stereocenters. The van der Waals surface area contributed by atoms with Crippen molar-refractivity contribution in [3.05, 3.63) is 0 Å². The lowest BCUT2D eigenvalue weighted by atomic mass is 9.83. The summed E-state index contributed by atoms with van der Waals surface area (Å²) in [7, 11) is 0. The third-order valence-electron chi connectivity index (χ3n) is 4.74. The molecule has 0 radical (unpaired) electrons. The highest BCUT2D eigenvalue weighted by Crippen LogP contribution is 2.27. The molecule has 116 valence electrons. The van der Waals surface area contributed by atoms with Crippen molar-refractivity contribution < 1.29 is 14.3 Å². The Morgan fingerprint density at radius 1 is 1.00 bits per heavy atom. The van der Waals surface area contributed by atoms with Crippen LogP contribution in [0.25, 0.3) is 0 Å². The second-order valence-electron chi connectivity index (χ2n) is 6.38. The van der Waals surface area contributed by atoms with E-state index in [0.717, 1.165) is 51.4 Å². The number of carbonyl (C=O) groups excluding carboxylic acids is 2. The van der Waals surface area contributed by atoms with Gasteiger partial charge in [0.25, 0.3) is 0 Å². The maximum Gasteiger partial charge on any atom is 0.324 e. The molecule has 0 aliphatic heterocycles. The largest absolute Gasteiger partial charge is 0.461 e. The molecular formula is C17H25NO3. The highest BCUT2D eigenvalue weighted by molar-refractivity contribution is 5.87. The molecule has 0 heterocycles. The summed E-state index contributed by atoms with van der Waals surface area (Å²) in [5.41, 5.74) is 0. The molecule has 2 aliphatic carbocycles. The molecule has 0 saturated heterocycles. The maximum absolute atomic E-state index is 12.2. The Labute approximate surface area is 126 Å². The summed E-state index contributed by atoms with van der Waals surface area (Å²) in [4.78, 5) is 24.3. The Kier molecular flexibility index (Phi) is 6.22. The minimum atomic E-state index is -0.915. The number of hydrogen-bond donors (Lipinski definition) is 0. The fourth-order valence-corrected chi connectivity index (χ4v) is 3.40. The lowest BCUT2D eigenvalue weighted by Gasteiger charge is -2.24. The highest BCUT2D eigenvalue weighted by Gasteiger charge is 2.30. The molecule has 0 bridgehead atoms. The van der Waals surface area contributed by atoms with Gasteiger partial charge in [0.1, 0.15) is 11.9 Å². The fourth-order valence-electron chi connectivity index (χ4n) is 3.40. The summed E-state index contributed by atoms with van der Waals surface area (Å²) in [6.45, 7) is 0. The van der Waals surface area contributed by atoms with Gasteiger partial charge >= 0.3 is 5.97 Å². The molecule has 2 rings (SSSR count). The molecule has 1 unspecified atom stereocenters. The van der Waals surface area contributed by atoms with Crippen LogP contribution in [0.5, 0.6) is 0 Å². The van der Waals surface area contributed by atoms with Crippen molar-refractivity contribution in [3.63, 3.8) is 0 Å². The summed E-state index contributed by atoms with van der Waals surface area (Å²) in [5.74, 6) is -1.28. The van der Waals surface area contributed by atoms with Crippen LogP contribution in [0.4, 0.5) is 0 Å². The van der Waals surface area contributed by atoms with Crippen molar-refractivity contribution in [1.29, 1.82) is 5.26 Å². The monoisotopic (exact) mass is 291 g/mol. The lowest BCUT2D eigenvalue weighted by Crippen LogP contribution is -2.28. The molecule has 4 nitrogen and oxygen atoms in total. The second-order valence-corrected chi connectivity index (χ2v) is 6.38. The molecule has 0 spiro atoms. The van der Waals surface area contributed by atoms with Gasteiger partial charge in [-0.25, -0.2) is 0 Å². The van der Waals surface area contributed by atoms with E-state index in [9.17, 15) is 14.9 Å². The molecule has 21 heavy (non-hydrogen) atoms. The smallest absolute Gasteiger partial charge is 0.324 e. The normalized spacial score (nSPS) is 22.2. The van der Waals surface area contributed by atoms with Crippen LogP contribution in [-0.4, -0.2) is 17.9 Å². The Balaban J connectivity index is 1.82. The molecule has 0 aromatic heterocycles. The SMILES string of the molecule is N#CC(CC(=O)C1CCCCC1)C(=O)OC1CCCCC1. The first-order valence-corrected chi connectivity index (χ1v) is 8.33.